The van der Waals surface area contributed by atoms with Gasteiger partial charge in [-0.3, -0.25) is 5.10 Å². The zero-order valence-corrected chi connectivity index (χ0v) is 10.8. The van der Waals surface area contributed by atoms with Crippen molar-refractivity contribution in [3.63, 3.8) is 0 Å². The third-order valence-corrected chi connectivity index (χ3v) is 2.81. The normalized spacial score (nSPS) is 10.4. The van der Waals surface area contributed by atoms with E-state index >= 15 is 0 Å². The van der Waals surface area contributed by atoms with Gasteiger partial charge in [0.15, 0.2) is 0 Å². The van der Waals surface area contributed by atoms with Crippen LogP contribution in [0.25, 0.3) is 11.3 Å². The minimum Gasteiger partial charge on any atom is -0.461 e. The highest BCUT2D eigenvalue weighted by Crippen LogP contribution is 2.23. The molecule has 0 bridgehead atoms. The number of carbonyl (C=O) groups excluding carboxylic acids is 1. The first-order valence-corrected chi connectivity index (χ1v) is 5.92. The summed E-state index contributed by atoms with van der Waals surface area (Å²) in [6.07, 6.45) is 0. The second-order valence-electron chi connectivity index (χ2n) is 4.16. The highest BCUT2D eigenvalue weighted by atomic mass is 16.5. The summed E-state index contributed by atoms with van der Waals surface area (Å²) in [5.74, 6) is -0.360. The number of carbonyl (C=O) groups is 1. The molecular weight excluding hydrogens is 228 g/mol. The van der Waals surface area contributed by atoms with Crippen LogP contribution in [0.2, 0.25) is 0 Å². The van der Waals surface area contributed by atoms with Crippen molar-refractivity contribution in [2.45, 2.75) is 20.8 Å². The maximum Gasteiger partial charge on any atom is 0.356 e. The van der Waals surface area contributed by atoms with Crippen molar-refractivity contribution in [2.75, 3.05) is 6.61 Å². The molecule has 0 aliphatic rings. The molecule has 94 valence electrons. The molecule has 0 unspecified atom stereocenters. The maximum atomic E-state index is 11.7. The van der Waals surface area contributed by atoms with Crippen LogP contribution in [0, 0.1) is 13.8 Å². The molecule has 0 saturated carbocycles. The van der Waals surface area contributed by atoms with Gasteiger partial charge in [0.05, 0.1) is 12.3 Å². The number of benzene rings is 1. The largest absolute Gasteiger partial charge is 0.461 e. The van der Waals surface area contributed by atoms with Crippen molar-refractivity contribution >= 4 is 5.97 Å². The quantitative estimate of drug-likeness (QED) is 0.845. The summed E-state index contributed by atoms with van der Waals surface area (Å²) >= 11 is 0. The van der Waals surface area contributed by atoms with Crippen LogP contribution >= 0.6 is 0 Å². The first-order valence-electron chi connectivity index (χ1n) is 5.92. The molecule has 0 amide bonds. The van der Waals surface area contributed by atoms with Gasteiger partial charge in [-0.1, -0.05) is 29.8 Å². The van der Waals surface area contributed by atoms with Gasteiger partial charge in [-0.25, -0.2) is 4.79 Å². The number of aromatic amines is 1. The number of ether oxygens (including phenoxy) is 1. The number of hydrogen-bond donors (Lipinski definition) is 1. The lowest BCUT2D eigenvalue weighted by Crippen LogP contribution is -2.06. The van der Waals surface area contributed by atoms with Crippen LogP contribution in [0.15, 0.2) is 24.3 Å². The van der Waals surface area contributed by atoms with Crippen LogP contribution in [0.3, 0.4) is 0 Å². The van der Waals surface area contributed by atoms with Crippen molar-refractivity contribution in [1.29, 1.82) is 0 Å². The molecule has 4 nitrogen and oxygen atoms in total. The Bertz CT molecular complexity index is 556. The van der Waals surface area contributed by atoms with Gasteiger partial charge in [0, 0.05) is 11.1 Å². The molecule has 2 aromatic rings. The summed E-state index contributed by atoms with van der Waals surface area (Å²) in [6.45, 7) is 6.04. The van der Waals surface area contributed by atoms with Crippen molar-refractivity contribution in [3.05, 3.63) is 41.1 Å². The predicted octanol–water partition coefficient (Wildman–Crippen LogP) is 2.87. The molecule has 18 heavy (non-hydrogen) atoms. The SMILES string of the molecule is CCOC(=O)c1[nH]nc(-c2ccc(C)cc2)c1C. The number of hydrogen-bond acceptors (Lipinski definition) is 3. The lowest BCUT2D eigenvalue weighted by Gasteiger charge is -2.01. The summed E-state index contributed by atoms with van der Waals surface area (Å²) in [5, 5.41) is 6.94. The minimum atomic E-state index is -0.360. The average Bonchev–Trinajstić information content (AvgIpc) is 2.73. The van der Waals surface area contributed by atoms with Gasteiger partial charge in [0.2, 0.25) is 0 Å². The van der Waals surface area contributed by atoms with E-state index in [1.54, 1.807) is 6.92 Å². The first kappa shape index (κ1) is 12.4. The Morgan fingerprint density at radius 1 is 1.28 bits per heavy atom. The van der Waals surface area contributed by atoms with Crippen molar-refractivity contribution in [1.82, 2.24) is 10.2 Å². The fraction of sp³-hybridized carbons (Fsp3) is 0.286. The van der Waals surface area contributed by atoms with Gasteiger partial charge in [-0.2, -0.15) is 5.10 Å². The number of H-pyrrole nitrogens is 1. The molecule has 4 heteroatoms. The van der Waals surface area contributed by atoms with Crippen LogP contribution in [0.4, 0.5) is 0 Å². The van der Waals surface area contributed by atoms with E-state index < -0.39 is 0 Å². The van der Waals surface area contributed by atoms with Gasteiger partial charge < -0.3 is 4.74 Å². The van der Waals surface area contributed by atoms with E-state index in [0.717, 1.165) is 16.8 Å². The van der Waals surface area contributed by atoms with Crippen LogP contribution in [0.1, 0.15) is 28.5 Å². The number of rotatable bonds is 3. The summed E-state index contributed by atoms with van der Waals surface area (Å²) in [6, 6.07) is 8.03. The van der Waals surface area contributed by atoms with Gasteiger partial charge >= 0.3 is 5.97 Å². The Balaban J connectivity index is 2.36. The van der Waals surface area contributed by atoms with Crippen LogP contribution in [-0.4, -0.2) is 22.8 Å². The van der Waals surface area contributed by atoms with Crippen molar-refractivity contribution < 1.29 is 9.53 Å². The number of nitrogens with one attached hydrogen (secondary N) is 1. The van der Waals surface area contributed by atoms with E-state index in [4.69, 9.17) is 4.74 Å². The highest BCUT2D eigenvalue weighted by Gasteiger charge is 2.17. The minimum absolute atomic E-state index is 0.358. The topological polar surface area (TPSA) is 55.0 Å². The monoisotopic (exact) mass is 244 g/mol. The van der Waals surface area contributed by atoms with E-state index in [1.807, 2.05) is 38.1 Å². The number of aromatic nitrogens is 2. The molecule has 1 aromatic carbocycles. The number of aryl methyl sites for hydroxylation is 1. The van der Waals surface area contributed by atoms with Gasteiger partial charge in [0.25, 0.3) is 0 Å². The summed E-state index contributed by atoms with van der Waals surface area (Å²) in [5.41, 5.74) is 4.21. The lowest BCUT2D eigenvalue weighted by atomic mass is 10.1. The number of nitrogens with zero attached hydrogens (tertiary/aromatic N) is 1. The third-order valence-electron chi connectivity index (χ3n) is 2.81. The Morgan fingerprint density at radius 2 is 1.94 bits per heavy atom. The molecule has 1 N–H and O–H groups in total. The van der Waals surface area contributed by atoms with E-state index in [2.05, 4.69) is 10.2 Å². The summed E-state index contributed by atoms with van der Waals surface area (Å²) in [7, 11) is 0. The molecule has 2 rings (SSSR count). The van der Waals surface area contributed by atoms with Crippen LogP contribution in [-0.2, 0) is 4.74 Å². The second kappa shape index (κ2) is 5.04. The molecule has 0 fully saturated rings. The second-order valence-corrected chi connectivity index (χ2v) is 4.16. The molecule has 0 spiro atoms. The summed E-state index contributed by atoms with van der Waals surface area (Å²) in [4.78, 5) is 11.7. The highest BCUT2D eigenvalue weighted by molar-refractivity contribution is 5.91. The maximum absolute atomic E-state index is 11.7. The predicted molar refractivity (Wildman–Crippen MR) is 69.5 cm³/mol. The first-order chi connectivity index (χ1) is 8.63. The van der Waals surface area contributed by atoms with E-state index in [1.165, 1.54) is 5.56 Å². The number of esters is 1. The van der Waals surface area contributed by atoms with Gasteiger partial charge in [0.1, 0.15) is 5.69 Å². The average molecular weight is 244 g/mol. The fourth-order valence-electron chi connectivity index (χ4n) is 1.79. The van der Waals surface area contributed by atoms with Crippen LogP contribution in [0.5, 0.6) is 0 Å². The lowest BCUT2D eigenvalue weighted by molar-refractivity contribution is 0.0518. The molecule has 0 atom stereocenters. The molecular formula is C14H16N2O2. The Kier molecular flexibility index (Phi) is 3.46. The fourth-order valence-corrected chi connectivity index (χ4v) is 1.79. The standard InChI is InChI=1S/C14H16N2O2/c1-4-18-14(17)13-10(3)12(15-16-13)11-7-5-9(2)6-8-11/h5-8H,4H2,1-3H3,(H,15,16). The van der Waals surface area contributed by atoms with E-state index in [-0.39, 0.29) is 5.97 Å². The molecule has 0 radical (unpaired) electrons. The summed E-state index contributed by atoms with van der Waals surface area (Å²) < 4.78 is 4.97. The molecule has 0 aliphatic heterocycles. The molecule has 1 heterocycles. The molecule has 0 saturated heterocycles. The van der Waals surface area contributed by atoms with E-state index in [0.29, 0.717) is 12.3 Å². The van der Waals surface area contributed by atoms with E-state index in [9.17, 15) is 4.79 Å². The Hall–Kier alpha value is -2.10. The third kappa shape index (κ3) is 2.27. The molecule has 1 aromatic heterocycles. The smallest absolute Gasteiger partial charge is 0.356 e. The van der Waals surface area contributed by atoms with Crippen LogP contribution < -0.4 is 0 Å². The van der Waals surface area contributed by atoms with Gasteiger partial charge in [-0.05, 0) is 20.8 Å². The Labute approximate surface area is 106 Å². The zero-order chi connectivity index (χ0) is 13.1. The zero-order valence-electron chi connectivity index (χ0n) is 10.8. The molecule has 0 aliphatic carbocycles. The Morgan fingerprint density at radius 3 is 2.56 bits per heavy atom. The van der Waals surface area contributed by atoms with Gasteiger partial charge in [-0.15, -0.1) is 0 Å². The van der Waals surface area contributed by atoms with Crippen molar-refractivity contribution in [2.24, 2.45) is 0 Å². The van der Waals surface area contributed by atoms with Crippen molar-refractivity contribution in [3.8, 4) is 11.3 Å².